The molecule has 8 nitrogen and oxygen atoms in total. The van der Waals surface area contributed by atoms with Gasteiger partial charge in [-0.25, -0.2) is 4.98 Å². The van der Waals surface area contributed by atoms with Crippen molar-refractivity contribution in [1.82, 2.24) is 19.9 Å². The number of anilines is 2. The highest BCUT2D eigenvalue weighted by Gasteiger charge is 2.11. The molecule has 2 aromatic carbocycles. The van der Waals surface area contributed by atoms with E-state index in [2.05, 4.69) is 31.5 Å². The Labute approximate surface area is 193 Å². The number of hydrogen-bond acceptors (Lipinski definition) is 6. The van der Waals surface area contributed by atoms with Crippen LogP contribution in [0.5, 0.6) is 11.5 Å². The summed E-state index contributed by atoms with van der Waals surface area (Å²) in [6.45, 7) is 0.847. The summed E-state index contributed by atoms with van der Waals surface area (Å²) in [6, 6.07) is 16.9. The molecule has 0 saturated carbocycles. The SMILES string of the molecule is COCCNC(=O)c1cc(Oc2ccc3c(c2)nc(Nc2ccc(Br)cc2)n3C)ccn1. The number of halogens is 1. The third-order valence-electron chi connectivity index (χ3n) is 4.74. The minimum absolute atomic E-state index is 0.276. The second kappa shape index (κ2) is 9.80. The molecule has 0 saturated heterocycles. The Bertz CT molecular complexity index is 1240. The number of fused-ring (bicyclic) bond motifs is 1. The van der Waals surface area contributed by atoms with Crippen LogP contribution in [-0.2, 0) is 11.8 Å². The van der Waals surface area contributed by atoms with Crippen LogP contribution in [-0.4, -0.2) is 40.7 Å². The van der Waals surface area contributed by atoms with Gasteiger partial charge in [0.25, 0.3) is 5.91 Å². The van der Waals surface area contributed by atoms with E-state index in [4.69, 9.17) is 14.5 Å². The van der Waals surface area contributed by atoms with Gasteiger partial charge in [0.1, 0.15) is 17.2 Å². The minimum Gasteiger partial charge on any atom is -0.457 e. The second-order valence-corrected chi connectivity index (χ2v) is 7.92. The maximum atomic E-state index is 12.2. The van der Waals surface area contributed by atoms with Crippen molar-refractivity contribution in [2.45, 2.75) is 0 Å². The molecule has 4 rings (SSSR count). The smallest absolute Gasteiger partial charge is 0.270 e. The molecule has 0 bridgehead atoms. The average Bonchev–Trinajstić information content (AvgIpc) is 3.10. The number of ether oxygens (including phenoxy) is 2. The fraction of sp³-hybridized carbons (Fsp3) is 0.174. The van der Waals surface area contributed by atoms with Crippen molar-refractivity contribution in [3.8, 4) is 11.5 Å². The Kier molecular flexibility index (Phi) is 6.67. The molecular weight excluding hydrogens is 474 g/mol. The molecular formula is C23H22BrN5O3. The molecule has 0 unspecified atom stereocenters. The highest BCUT2D eigenvalue weighted by Crippen LogP contribution is 2.28. The van der Waals surface area contributed by atoms with Crippen LogP contribution in [0.4, 0.5) is 11.6 Å². The van der Waals surface area contributed by atoms with Gasteiger partial charge in [0.2, 0.25) is 5.95 Å². The zero-order valence-corrected chi connectivity index (χ0v) is 19.2. The molecule has 2 aromatic heterocycles. The van der Waals surface area contributed by atoms with Crippen LogP contribution in [0.25, 0.3) is 11.0 Å². The summed E-state index contributed by atoms with van der Waals surface area (Å²) in [7, 11) is 3.53. The molecule has 0 fully saturated rings. The largest absolute Gasteiger partial charge is 0.457 e. The van der Waals surface area contributed by atoms with Crippen molar-refractivity contribution in [2.24, 2.45) is 7.05 Å². The second-order valence-electron chi connectivity index (χ2n) is 7.00. The Morgan fingerprint density at radius 2 is 1.88 bits per heavy atom. The van der Waals surface area contributed by atoms with E-state index in [0.717, 1.165) is 27.1 Å². The number of imidazole rings is 1. The third-order valence-corrected chi connectivity index (χ3v) is 5.27. The summed E-state index contributed by atoms with van der Waals surface area (Å²) in [5.74, 6) is 1.57. The molecule has 164 valence electrons. The van der Waals surface area contributed by atoms with Crippen LogP contribution in [0.3, 0.4) is 0 Å². The average molecular weight is 496 g/mol. The van der Waals surface area contributed by atoms with E-state index >= 15 is 0 Å². The normalized spacial score (nSPS) is 10.8. The maximum absolute atomic E-state index is 12.2. The van der Waals surface area contributed by atoms with Crippen LogP contribution >= 0.6 is 15.9 Å². The fourth-order valence-corrected chi connectivity index (χ4v) is 3.37. The molecule has 2 N–H and O–H groups in total. The van der Waals surface area contributed by atoms with Gasteiger partial charge in [0.05, 0.1) is 17.6 Å². The van der Waals surface area contributed by atoms with E-state index in [1.807, 2.05) is 54.1 Å². The number of rotatable bonds is 8. The number of carbonyl (C=O) groups excluding carboxylic acids is 1. The van der Waals surface area contributed by atoms with Gasteiger partial charge in [-0.05, 0) is 42.5 Å². The molecule has 4 aromatic rings. The summed E-state index contributed by atoms with van der Waals surface area (Å²) in [6.07, 6.45) is 1.54. The highest BCUT2D eigenvalue weighted by atomic mass is 79.9. The number of amides is 1. The molecule has 0 radical (unpaired) electrons. The zero-order valence-electron chi connectivity index (χ0n) is 17.6. The quantitative estimate of drug-likeness (QED) is 0.346. The molecule has 9 heteroatoms. The van der Waals surface area contributed by atoms with Crippen LogP contribution < -0.4 is 15.4 Å². The lowest BCUT2D eigenvalue weighted by atomic mass is 10.3. The number of nitrogens with zero attached hydrogens (tertiary/aromatic N) is 3. The molecule has 32 heavy (non-hydrogen) atoms. The first-order valence-electron chi connectivity index (χ1n) is 9.93. The Hall–Kier alpha value is -3.43. The van der Waals surface area contributed by atoms with Crippen molar-refractivity contribution in [3.05, 3.63) is 71.0 Å². The monoisotopic (exact) mass is 495 g/mol. The first kappa shape index (κ1) is 21.8. The van der Waals surface area contributed by atoms with Crippen molar-refractivity contribution in [2.75, 3.05) is 25.6 Å². The number of hydrogen-bond donors (Lipinski definition) is 2. The summed E-state index contributed by atoms with van der Waals surface area (Å²) in [5.41, 5.74) is 2.97. The summed E-state index contributed by atoms with van der Waals surface area (Å²) < 4.78 is 13.9. The van der Waals surface area contributed by atoms with Crippen molar-refractivity contribution in [3.63, 3.8) is 0 Å². The number of aryl methyl sites for hydroxylation is 1. The molecule has 0 aliphatic heterocycles. The first-order chi connectivity index (χ1) is 15.5. The van der Waals surface area contributed by atoms with Gasteiger partial charge in [-0.3, -0.25) is 9.78 Å². The number of nitrogens with one attached hydrogen (secondary N) is 2. The van der Waals surface area contributed by atoms with Gasteiger partial charge in [-0.2, -0.15) is 0 Å². The standard InChI is InChI=1S/C23H22BrN5O3/c1-29-21-8-7-17(13-19(21)28-23(29)27-16-5-3-15(24)4-6-16)32-18-9-10-25-20(14-18)22(30)26-11-12-31-2/h3-10,13-14H,11-12H2,1-2H3,(H,26,30)(H,27,28). The van der Waals surface area contributed by atoms with Crippen LogP contribution in [0.15, 0.2) is 65.3 Å². The molecule has 0 atom stereocenters. The summed E-state index contributed by atoms with van der Waals surface area (Å²) >= 11 is 3.44. The van der Waals surface area contributed by atoms with E-state index in [1.165, 1.54) is 0 Å². The zero-order chi connectivity index (χ0) is 22.5. The Morgan fingerprint density at radius 1 is 1.09 bits per heavy atom. The Balaban J connectivity index is 1.51. The van der Waals surface area contributed by atoms with Crippen LogP contribution in [0.2, 0.25) is 0 Å². The highest BCUT2D eigenvalue weighted by molar-refractivity contribution is 9.10. The number of benzene rings is 2. The van der Waals surface area contributed by atoms with Gasteiger partial charge in [-0.1, -0.05) is 15.9 Å². The predicted octanol–water partition coefficient (Wildman–Crippen LogP) is 4.64. The molecule has 0 aliphatic rings. The summed E-state index contributed by atoms with van der Waals surface area (Å²) in [5, 5.41) is 6.07. The molecule has 0 spiro atoms. The van der Waals surface area contributed by atoms with E-state index in [1.54, 1.807) is 25.4 Å². The fourth-order valence-electron chi connectivity index (χ4n) is 3.11. The van der Waals surface area contributed by atoms with Gasteiger partial charge in [0.15, 0.2) is 0 Å². The van der Waals surface area contributed by atoms with Crippen molar-refractivity contribution in [1.29, 1.82) is 0 Å². The predicted molar refractivity (Wildman–Crippen MR) is 127 cm³/mol. The lowest BCUT2D eigenvalue weighted by molar-refractivity contribution is 0.0932. The number of aromatic nitrogens is 3. The van der Waals surface area contributed by atoms with Crippen LogP contribution in [0, 0.1) is 0 Å². The van der Waals surface area contributed by atoms with Crippen molar-refractivity contribution >= 4 is 44.5 Å². The van der Waals surface area contributed by atoms with Crippen molar-refractivity contribution < 1.29 is 14.3 Å². The maximum Gasteiger partial charge on any atom is 0.270 e. The van der Waals surface area contributed by atoms with Gasteiger partial charge in [-0.15, -0.1) is 0 Å². The number of pyridine rings is 1. The topological polar surface area (TPSA) is 90.3 Å². The Morgan fingerprint density at radius 3 is 2.66 bits per heavy atom. The molecule has 1 amide bonds. The first-order valence-corrected chi connectivity index (χ1v) is 10.7. The summed E-state index contributed by atoms with van der Waals surface area (Å²) in [4.78, 5) is 21.0. The molecule has 0 aliphatic carbocycles. The van der Waals surface area contributed by atoms with E-state index in [0.29, 0.717) is 24.7 Å². The van der Waals surface area contributed by atoms with E-state index in [-0.39, 0.29) is 11.6 Å². The van der Waals surface area contributed by atoms with Crippen LogP contribution in [0.1, 0.15) is 10.5 Å². The van der Waals surface area contributed by atoms with E-state index < -0.39 is 0 Å². The minimum atomic E-state index is -0.281. The third kappa shape index (κ3) is 5.06. The van der Waals surface area contributed by atoms with Gasteiger partial charge >= 0.3 is 0 Å². The van der Waals surface area contributed by atoms with Gasteiger partial charge in [0, 0.05) is 49.2 Å². The molecule has 2 heterocycles. The van der Waals surface area contributed by atoms with Gasteiger partial charge < -0.3 is 24.7 Å². The lowest BCUT2D eigenvalue weighted by Gasteiger charge is -2.08. The number of methoxy groups -OCH3 is 1. The lowest BCUT2D eigenvalue weighted by Crippen LogP contribution is -2.27. The van der Waals surface area contributed by atoms with E-state index in [9.17, 15) is 4.79 Å². The number of carbonyl (C=O) groups is 1.